The first-order valence-corrected chi connectivity index (χ1v) is 12.2. The number of guanidine groups is 1. The van der Waals surface area contributed by atoms with E-state index in [4.69, 9.17) is 9.47 Å². The standard InChI is InChI=1S/C24H34N4O2S/c1-25-24(27-19-11-13-28(14-12-19)23-8-5-15-31-23)26-17-18-9-10-21(22(16-18)29-2)30-20-6-3-4-7-20/h5,8-10,15-16,19-20H,3-4,6-7,11-14,17H2,1-2H3,(H2,25,26,27). The van der Waals surface area contributed by atoms with Crippen LogP contribution in [-0.4, -0.2) is 45.4 Å². The van der Waals surface area contributed by atoms with Crippen molar-refractivity contribution in [2.45, 2.75) is 57.2 Å². The lowest BCUT2D eigenvalue weighted by molar-refractivity contribution is 0.200. The maximum absolute atomic E-state index is 6.15. The lowest BCUT2D eigenvalue weighted by atomic mass is 10.1. The number of benzene rings is 1. The molecule has 2 aromatic rings. The van der Waals surface area contributed by atoms with Gasteiger partial charge in [-0.25, -0.2) is 0 Å². The zero-order valence-electron chi connectivity index (χ0n) is 18.6. The highest BCUT2D eigenvalue weighted by Crippen LogP contribution is 2.32. The van der Waals surface area contributed by atoms with E-state index in [2.05, 4.69) is 50.2 Å². The highest BCUT2D eigenvalue weighted by atomic mass is 32.1. The van der Waals surface area contributed by atoms with Crippen LogP contribution < -0.4 is 25.0 Å². The highest BCUT2D eigenvalue weighted by Gasteiger charge is 2.21. The third-order valence-corrected chi connectivity index (χ3v) is 7.09. The minimum absolute atomic E-state index is 0.326. The summed E-state index contributed by atoms with van der Waals surface area (Å²) >= 11 is 1.82. The molecule has 1 saturated heterocycles. The molecule has 1 aromatic carbocycles. The van der Waals surface area contributed by atoms with Crippen molar-refractivity contribution in [3.8, 4) is 11.5 Å². The zero-order chi connectivity index (χ0) is 21.5. The summed E-state index contributed by atoms with van der Waals surface area (Å²) in [5.74, 6) is 2.49. The van der Waals surface area contributed by atoms with Crippen molar-refractivity contribution in [3.05, 3.63) is 41.3 Å². The second kappa shape index (κ2) is 10.8. The van der Waals surface area contributed by atoms with Gasteiger partial charge in [0.1, 0.15) is 0 Å². The average molecular weight is 443 g/mol. The van der Waals surface area contributed by atoms with Gasteiger partial charge < -0.3 is 25.0 Å². The summed E-state index contributed by atoms with van der Waals surface area (Å²) in [4.78, 5) is 6.89. The molecule has 1 saturated carbocycles. The summed E-state index contributed by atoms with van der Waals surface area (Å²) in [6, 6.07) is 11.0. The van der Waals surface area contributed by atoms with Crippen LogP contribution in [0.15, 0.2) is 40.7 Å². The van der Waals surface area contributed by atoms with E-state index < -0.39 is 0 Å². The molecule has 0 amide bonds. The van der Waals surface area contributed by atoms with Gasteiger partial charge in [-0.2, -0.15) is 0 Å². The molecule has 4 rings (SSSR count). The Labute approximate surface area is 189 Å². The zero-order valence-corrected chi connectivity index (χ0v) is 19.4. The van der Waals surface area contributed by atoms with E-state index in [9.17, 15) is 0 Å². The SMILES string of the molecule is CN=C(NCc1ccc(OC2CCCC2)c(OC)c1)NC1CCN(c2cccs2)CC1. The molecule has 2 N–H and O–H groups in total. The molecule has 168 valence electrons. The normalized spacial score (nSPS) is 18.3. The van der Waals surface area contributed by atoms with Gasteiger partial charge in [-0.1, -0.05) is 6.07 Å². The fourth-order valence-corrected chi connectivity index (χ4v) is 5.16. The Hall–Kier alpha value is -2.41. The number of aliphatic imine (C=N–C) groups is 1. The smallest absolute Gasteiger partial charge is 0.191 e. The molecule has 1 aliphatic carbocycles. The minimum atomic E-state index is 0.326. The van der Waals surface area contributed by atoms with E-state index in [1.807, 2.05) is 24.5 Å². The molecule has 2 fully saturated rings. The van der Waals surface area contributed by atoms with Crippen molar-refractivity contribution in [2.75, 3.05) is 32.1 Å². The number of nitrogens with zero attached hydrogens (tertiary/aromatic N) is 2. The first kappa shape index (κ1) is 21.8. The molecular formula is C24H34N4O2S. The first-order valence-electron chi connectivity index (χ1n) is 11.3. The molecule has 6 nitrogen and oxygen atoms in total. The van der Waals surface area contributed by atoms with Crippen LogP contribution in [0.3, 0.4) is 0 Å². The van der Waals surface area contributed by atoms with Crippen molar-refractivity contribution in [2.24, 2.45) is 4.99 Å². The van der Waals surface area contributed by atoms with Gasteiger partial charge in [0.15, 0.2) is 17.5 Å². The van der Waals surface area contributed by atoms with Gasteiger partial charge in [0.2, 0.25) is 0 Å². The van der Waals surface area contributed by atoms with Crippen LogP contribution in [0, 0.1) is 0 Å². The largest absolute Gasteiger partial charge is 0.493 e. The van der Waals surface area contributed by atoms with Crippen LogP contribution in [0.25, 0.3) is 0 Å². The van der Waals surface area contributed by atoms with Gasteiger partial charge in [0.25, 0.3) is 0 Å². The van der Waals surface area contributed by atoms with Crippen LogP contribution in [0.5, 0.6) is 11.5 Å². The van der Waals surface area contributed by atoms with E-state index in [-0.39, 0.29) is 0 Å². The molecule has 2 aliphatic rings. The highest BCUT2D eigenvalue weighted by molar-refractivity contribution is 7.14. The van der Waals surface area contributed by atoms with Crippen LogP contribution in [0.2, 0.25) is 0 Å². The minimum Gasteiger partial charge on any atom is -0.493 e. The number of methoxy groups -OCH3 is 1. The first-order chi connectivity index (χ1) is 15.2. The number of piperidine rings is 1. The van der Waals surface area contributed by atoms with Crippen molar-refractivity contribution >= 4 is 22.3 Å². The third-order valence-electron chi connectivity index (χ3n) is 6.16. The van der Waals surface area contributed by atoms with E-state index in [0.717, 1.165) is 61.8 Å². The predicted molar refractivity (Wildman–Crippen MR) is 129 cm³/mol. The van der Waals surface area contributed by atoms with Crippen molar-refractivity contribution in [1.82, 2.24) is 10.6 Å². The fraction of sp³-hybridized carbons (Fsp3) is 0.542. The van der Waals surface area contributed by atoms with E-state index in [1.54, 1.807) is 7.11 Å². The Morgan fingerprint density at radius 1 is 1.13 bits per heavy atom. The second-order valence-electron chi connectivity index (χ2n) is 8.29. The summed E-state index contributed by atoms with van der Waals surface area (Å²) in [7, 11) is 3.53. The number of thiophene rings is 1. The van der Waals surface area contributed by atoms with Gasteiger partial charge in [-0.15, -0.1) is 11.3 Å². The Balaban J connectivity index is 1.26. The Bertz CT molecular complexity index is 841. The lowest BCUT2D eigenvalue weighted by Crippen LogP contribution is -2.48. The molecule has 1 aromatic heterocycles. The van der Waals surface area contributed by atoms with Gasteiger partial charge >= 0.3 is 0 Å². The molecule has 7 heteroatoms. The van der Waals surface area contributed by atoms with Gasteiger partial charge in [-0.05, 0) is 73.7 Å². The summed E-state index contributed by atoms with van der Waals surface area (Å²) in [6.45, 7) is 2.84. The lowest BCUT2D eigenvalue weighted by Gasteiger charge is -2.33. The van der Waals surface area contributed by atoms with Crippen LogP contribution in [-0.2, 0) is 6.54 Å². The molecule has 1 aliphatic heterocycles. The molecule has 0 spiro atoms. The summed E-state index contributed by atoms with van der Waals surface area (Å²) < 4.78 is 11.7. The number of anilines is 1. The fourth-order valence-electron chi connectivity index (χ4n) is 4.37. The van der Waals surface area contributed by atoms with Gasteiger partial charge in [0, 0.05) is 32.7 Å². The van der Waals surface area contributed by atoms with Crippen molar-refractivity contribution < 1.29 is 9.47 Å². The van der Waals surface area contributed by atoms with Crippen molar-refractivity contribution in [1.29, 1.82) is 0 Å². The summed E-state index contributed by atoms with van der Waals surface area (Å²) in [5.41, 5.74) is 1.14. The number of hydrogen-bond acceptors (Lipinski definition) is 5. The van der Waals surface area contributed by atoms with Gasteiger partial charge in [0.05, 0.1) is 18.2 Å². The van der Waals surface area contributed by atoms with Crippen molar-refractivity contribution in [3.63, 3.8) is 0 Å². The third kappa shape index (κ3) is 5.85. The van der Waals surface area contributed by atoms with Crippen LogP contribution >= 0.6 is 11.3 Å². The van der Waals surface area contributed by atoms with Crippen LogP contribution in [0.1, 0.15) is 44.1 Å². The number of rotatable bonds is 7. The number of nitrogens with one attached hydrogen (secondary N) is 2. The molecule has 0 radical (unpaired) electrons. The molecule has 0 unspecified atom stereocenters. The monoisotopic (exact) mass is 442 g/mol. The summed E-state index contributed by atoms with van der Waals surface area (Å²) in [5, 5.41) is 10.6. The van der Waals surface area contributed by atoms with Gasteiger partial charge in [-0.3, -0.25) is 4.99 Å². The van der Waals surface area contributed by atoms with E-state index in [1.165, 1.54) is 17.8 Å². The Morgan fingerprint density at radius 3 is 2.61 bits per heavy atom. The van der Waals surface area contributed by atoms with Crippen LogP contribution in [0.4, 0.5) is 5.00 Å². The van der Waals surface area contributed by atoms with E-state index >= 15 is 0 Å². The Morgan fingerprint density at radius 2 is 1.94 bits per heavy atom. The molecule has 31 heavy (non-hydrogen) atoms. The average Bonchev–Trinajstić information content (AvgIpc) is 3.52. The molecule has 2 heterocycles. The second-order valence-corrected chi connectivity index (χ2v) is 9.22. The Kier molecular flexibility index (Phi) is 7.57. The topological polar surface area (TPSA) is 58.1 Å². The number of ether oxygens (including phenoxy) is 2. The maximum atomic E-state index is 6.15. The number of hydrogen-bond donors (Lipinski definition) is 2. The van der Waals surface area contributed by atoms with E-state index in [0.29, 0.717) is 18.7 Å². The quantitative estimate of drug-likeness (QED) is 0.491. The molecule has 0 atom stereocenters. The molecule has 0 bridgehead atoms. The summed E-state index contributed by atoms with van der Waals surface area (Å²) in [6.07, 6.45) is 7.34. The molecular weight excluding hydrogens is 408 g/mol. The predicted octanol–water partition coefficient (Wildman–Crippen LogP) is 4.41. The maximum Gasteiger partial charge on any atom is 0.191 e.